The monoisotopic (exact) mass is 160 g/mol. The highest BCUT2D eigenvalue weighted by Crippen LogP contribution is 2.05. The molecule has 1 atom stereocenters. The molecule has 10 heavy (non-hydrogen) atoms. The first kappa shape index (κ1) is 9.72. The molecule has 0 saturated heterocycles. The number of carbonyl (C=O) groups is 1. The predicted molar refractivity (Wildman–Crippen MR) is 44.0 cm³/mol. The molecule has 0 saturated carbocycles. The van der Waals surface area contributed by atoms with Crippen molar-refractivity contribution in [1.29, 1.82) is 0 Å². The molecular weight excluding hydrogens is 148 g/mol. The van der Waals surface area contributed by atoms with Crippen LogP contribution in [0.3, 0.4) is 0 Å². The Morgan fingerprint density at radius 3 is 2.90 bits per heavy atom. The zero-order valence-corrected chi connectivity index (χ0v) is 6.86. The van der Waals surface area contributed by atoms with Crippen LogP contribution in [0.15, 0.2) is 12.7 Å². The van der Waals surface area contributed by atoms with Gasteiger partial charge in [0.05, 0.1) is 6.10 Å². The highest BCUT2D eigenvalue weighted by molar-refractivity contribution is 8.13. The topological polar surface area (TPSA) is 37.3 Å². The maximum absolute atomic E-state index is 10.4. The van der Waals surface area contributed by atoms with Gasteiger partial charge in [0.2, 0.25) is 0 Å². The average molecular weight is 160 g/mol. The Morgan fingerprint density at radius 2 is 2.50 bits per heavy atom. The molecule has 58 valence electrons. The molecule has 0 aliphatic rings. The standard InChI is InChI=1S/C7H12O2S/c1-3-4-7(9)5-10-6(2)8/h3,7,9H,1,4-5H2,2H3. The van der Waals surface area contributed by atoms with Crippen LogP contribution in [0.4, 0.5) is 0 Å². The fourth-order valence-corrected chi connectivity index (χ4v) is 1.04. The molecule has 0 aliphatic carbocycles. The molecule has 0 rings (SSSR count). The molecule has 0 radical (unpaired) electrons. The molecule has 0 fully saturated rings. The second kappa shape index (κ2) is 5.50. The van der Waals surface area contributed by atoms with Gasteiger partial charge in [-0.1, -0.05) is 17.8 Å². The Bertz CT molecular complexity index is 123. The molecule has 0 aliphatic heterocycles. The van der Waals surface area contributed by atoms with Crippen LogP contribution >= 0.6 is 11.8 Å². The van der Waals surface area contributed by atoms with Crippen LogP contribution in [-0.4, -0.2) is 22.1 Å². The van der Waals surface area contributed by atoms with Crippen molar-refractivity contribution in [3.63, 3.8) is 0 Å². The summed E-state index contributed by atoms with van der Waals surface area (Å²) in [6.07, 6.45) is 1.78. The molecule has 0 aromatic carbocycles. The zero-order valence-electron chi connectivity index (χ0n) is 6.04. The summed E-state index contributed by atoms with van der Waals surface area (Å²) < 4.78 is 0. The quantitative estimate of drug-likeness (QED) is 0.628. The van der Waals surface area contributed by atoms with E-state index in [0.29, 0.717) is 12.2 Å². The van der Waals surface area contributed by atoms with E-state index >= 15 is 0 Å². The van der Waals surface area contributed by atoms with Crippen LogP contribution in [0.2, 0.25) is 0 Å². The maximum Gasteiger partial charge on any atom is 0.185 e. The van der Waals surface area contributed by atoms with E-state index in [1.165, 1.54) is 6.92 Å². The second-order valence-electron chi connectivity index (χ2n) is 1.98. The smallest absolute Gasteiger partial charge is 0.185 e. The van der Waals surface area contributed by atoms with Crippen molar-refractivity contribution >= 4 is 16.9 Å². The molecule has 0 bridgehead atoms. The number of aliphatic hydroxyl groups is 1. The van der Waals surface area contributed by atoms with Crippen molar-refractivity contribution in [2.75, 3.05) is 5.75 Å². The number of rotatable bonds is 4. The van der Waals surface area contributed by atoms with E-state index in [9.17, 15) is 4.79 Å². The lowest BCUT2D eigenvalue weighted by atomic mass is 10.3. The number of hydrogen-bond acceptors (Lipinski definition) is 3. The normalized spacial score (nSPS) is 12.6. The van der Waals surface area contributed by atoms with Crippen molar-refractivity contribution in [2.45, 2.75) is 19.4 Å². The molecule has 0 aromatic heterocycles. The van der Waals surface area contributed by atoms with Gasteiger partial charge in [0.1, 0.15) is 0 Å². The lowest BCUT2D eigenvalue weighted by molar-refractivity contribution is -0.109. The van der Waals surface area contributed by atoms with Crippen molar-refractivity contribution < 1.29 is 9.90 Å². The lowest BCUT2D eigenvalue weighted by Gasteiger charge is -2.03. The van der Waals surface area contributed by atoms with E-state index in [4.69, 9.17) is 5.11 Å². The fraction of sp³-hybridized carbons (Fsp3) is 0.571. The van der Waals surface area contributed by atoms with Gasteiger partial charge in [0, 0.05) is 12.7 Å². The van der Waals surface area contributed by atoms with Crippen LogP contribution in [0.5, 0.6) is 0 Å². The van der Waals surface area contributed by atoms with Crippen LogP contribution < -0.4 is 0 Å². The second-order valence-corrected chi connectivity index (χ2v) is 3.18. The van der Waals surface area contributed by atoms with Gasteiger partial charge in [-0.3, -0.25) is 4.79 Å². The summed E-state index contributed by atoms with van der Waals surface area (Å²) in [5, 5.41) is 9.10. The molecule has 3 heteroatoms. The summed E-state index contributed by atoms with van der Waals surface area (Å²) >= 11 is 1.14. The van der Waals surface area contributed by atoms with Crippen LogP contribution in [0.25, 0.3) is 0 Å². The van der Waals surface area contributed by atoms with Gasteiger partial charge >= 0.3 is 0 Å². The van der Waals surface area contributed by atoms with Crippen molar-refractivity contribution in [3.8, 4) is 0 Å². The third-order valence-electron chi connectivity index (χ3n) is 0.918. The summed E-state index contributed by atoms with van der Waals surface area (Å²) in [5.41, 5.74) is 0. The van der Waals surface area contributed by atoms with Gasteiger partial charge in [-0.25, -0.2) is 0 Å². The van der Waals surface area contributed by atoms with Crippen molar-refractivity contribution in [2.24, 2.45) is 0 Å². The van der Waals surface area contributed by atoms with E-state index < -0.39 is 6.10 Å². The van der Waals surface area contributed by atoms with E-state index in [0.717, 1.165) is 11.8 Å². The largest absolute Gasteiger partial charge is 0.392 e. The fourth-order valence-electron chi connectivity index (χ4n) is 0.474. The summed E-state index contributed by atoms with van der Waals surface area (Å²) in [4.78, 5) is 10.4. The molecule has 2 nitrogen and oxygen atoms in total. The van der Waals surface area contributed by atoms with Crippen LogP contribution in [0.1, 0.15) is 13.3 Å². The Kier molecular flexibility index (Phi) is 5.35. The highest BCUT2D eigenvalue weighted by atomic mass is 32.2. The first-order valence-electron chi connectivity index (χ1n) is 3.09. The molecule has 0 spiro atoms. The van der Waals surface area contributed by atoms with E-state index in [1.54, 1.807) is 6.08 Å². The van der Waals surface area contributed by atoms with E-state index in [2.05, 4.69) is 6.58 Å². The van der Waals surface area contributed by atoms with Gasteiger partial charge in [-0.15, -0.1) is 6.58 Å². The Balaban J connectivity index is 3.29. The van der Waals surface area contributed by atoms with Gasteiger partial charge in [-0.2, -0.15) is 0 Å². The minimum absolute atomic E-state index is 0.0445. The number of carbonyl (C=O) groups excluding carboxylic acids is 1. The Hall–Kier alpha value is -0.280. The number of thioether (sulfide) groups is 1. The Morgan fingerprint density at radius 1 is 1.90 bits per heavy atom. The number of hydrogen-bond donors (Lipinski definition) is 1. The average Bonchev–Trinajstić information content (AvgIpc) is 1.85. The summed E-state index contributed by atoms with van der Waals surface area (Å²) in [5.74, 6) is 0.474. The van der Waals surface area contributed by atoms with Gasteiger partial charge in [0.25, 0.3) is 0 Å². The van der Waals surface area contributed by atoms with Gasteiger partial charge in [-0.05, 0) is 6.42 Å². The Labute approximate surface area is 65.3 Å². The first-order chi connectivity index (χ1) is 4.66. The first-order valence-corrected chi connectivity index (χ1v) is 4.07. The van der Waals surface area contributed by atoms with Crippen molar-refractivity contribution in [1.82, 2.24) is 0 Å². The van der Waals surface area contributed by atoms with Crippen LogP contribution in [0, 0.1) is 0 Å². The van der Waals surface area contributed by atoms with Gasteiger partial charge in [0.15, 0.2) is 5.12 Å². The van der Waals surface area contributed by atoms with E-state index in [1.807, 2.05) is 0 Å². The highest BCUT2D eigenvalue weighted by Gasteiger charge is 2.02. The SMILES string of the molecule is C=CCC(O)CSC(C)=O. The number of aliphatic hydroxyl groups excluding tert-OH is 1. The molecule has 1 unspecified atom stereocenters. The molecular formula is C7H12O2S. The zero-order chi connectivity index (χ0) is 7.98. The minimum atomic E-state index is -0.425. The molecule has 1 N–H and O–H groups in total. The molecule has 0 amide bonds. The maximum atomic E-state index is 10.4. The van der Waals surface area contributed by atoms with E-state index in [-0.39, 0.29) is 5.12 Å². The minimum Gasteiger partial charge on any atom is -0.392 e. The van der Waals surface area contributed by atoms with Gasteiger partial charge < -0.3 is 5.11 Å². The summed E-state index contributed by atoms with van der Waals surface area (Å²) in [7, 11) is 0. The van der Waals surface area contributed by atoms with Crippen LogP contribution in [-0.2, 0) is 4.79 Å². The third kappa shape index (κ3) is 5.85. The van der Waals surface area contributed by atoms with Crippen molar-refractivity contribution in [3.05, 3.63) is 12.7 Å². The molecule has 0 heterocycles. The molecule has 0 aromatic rings. The summed E-state index contributed by atoms with van der Waals surface area (Å²) in [6.45, 7) is 4.96. The summed E-state index contributed by atoms with van der Waals surface area (Å²) in [6, 6.07) is 0. The predicted octanol–water partition coefficient (Wildman–Crippen LogP) is 1.20. The third-order valence-corrected chi connectivity index (χ3v) is 1.88. The lowest BCUT2D eigenvalue weighted by Crippen LogP contribution is -2.09.